The number of aromatic nitrogens is 2. The quantitative estimate of drug-likeness (QED) is 0.422. The van der Waals surface area contributed by atoms with Gasteiger partial charge in [0.25, 0.3) is 0 Å². The Bertz CT molecular complexity index is 1120. The fourth-order valence-corrected chi connectivity index (χ4v) is 4.54. The minimum Gasteiger partial charge on any atom is -0.491 e. The normalized spacial score (nSPS) is 14.4. The topological polar surface area (TPSA) is 41.5 Å². The van der Waals surface area contributed by atoms with Crippen LogP contribution in [0, 0.1) is 0 Å². The van der Waals surface area contributed by atoms with E-state index in [-0.39, 0.29) is 6.04 Å². The predicted octanol–water partition coefficient (Wildman–Crippen LogP) is 5.06. The molecule has 1 fully saturated rings. The molecule has 166 valence electrons. The molecular formula is C28H28N4O. The Hall–Kier alpha value is -3.70. The molecule has 5 heteroatoms. The van der Waals surface area contributed by atoms with Crippen molar-refractivity contribution in [3.63, 3.8) is 0 Å². The Labute approximate surface area is 195 Å². The number of hydrogen-bond acceptors (Lipinski definition) is 5. The molecule has 0 aliphatic carbocycles. The average molecular weight is 437 g/mol. The summed E-state index contributed by atoms with van der Waals surface area (Å²) in [5, 5.41) is 0. The molecule has 0 atom stereocenters. The maximum absolute atomic E-state index is 5.62. The first-order valence-corrected chi connectivity index (χ1v) is 11.4. The Morgan fingerprint density at radius 3 is 1.82 bits per heavy atom. The molecule has 1 aromatic heterocycles. The van der Waals surface area contributed by atoms with Crippen LogP contribution in [0.1, 0.15) is 17.2 Å². The highest BCUT2D eigenvalue weighted by atomic mass is 16.5. The minimum atomic E-state index is 0.238. The van der Waals surface area contributed by atoms with Crippen LogP contribution in [0.5, 0.6) is 5.75 Å². The summed E-state index contributed by atoms with van der Waals surface area (Å²) in [7, 11) is 1.68. The molecule has 3 aromatic carbocycles. The van der Waals surface area contributed by atoms with Crippen LogP contribution in [0.3, 0.4) is 0 Å². The van der Waals surface area contributed by atoms with Crippen LogP contribution in [0.2, 0.25) is 0 Å². The van der Waals surface area contributed by atoms with Crippen LogP contribution < -0.4 is 9.64 Å². The van der Waals surface area contributed by atoms with Crippen LogP contribution in [0.15, 0.2) is 97.2 Å². The minimum absolute atomic E-state index is 0.238. The number of piperazine rings is 1. The molecule has 1 saturated heterocycles. The van der Waals surface area contributed by atoms with Crippen LogP contribution in [0.25, 0.3) is 11.4 Å². The summed E-state index contributed by atoms with van der Waals surface area (Å²) >= 11 is 0. The lowest BCUT2D eigenvalue weighted by Gasteiger charge is -2.40. The molecule has 5 rings (SSSR count). The summed E-state index contributed by atoms with van der Waals surface area (Å²) in [6, 6.07) is 31.9. The highest BCUT2D eigenvalue weighted by molar-refractivity contribution is 5.61. The van der Waals surface area contributed by atoms with Gasteiger partial charge in [-0.1, -0.05) is 91.0 Å². The van der Waals surface area contributed by atoms with Gasteiger partial charge in [0.2, 0.25) is 0 Å². The molecule has 0 spiro atoms. The van der Waals surface area contributed by atoms with E-state index in [1.165, 1.54) is 11.1 Å². The second kappa shape index (κ2) is 9.84. The fraction of sp³-hybridized carbons (Fsp3) is 0.214. The summed E-state index contributed by atoms with van der Waals surface area (Å²) in [5.74, 6) is 2.30. The van der Waals surface area contributed by atoms with Gasteiger partial charge in [-0.15, -0.1) is 0 Å². The largest absolute Gasteiger partial charge is 0.491 e. The highest BCUT2D eigenvalue weighted by Gasteiger charge is 2.28. The van der Waals surface area contributed by atoms with Crippen LogP contribution in [-0.4, -0.2) is 48.2 Å². The third-order valence-corrected chi connectivity index (χ3v) is 6.20. The van der Waals surface area contributed by atoms with E-state index in [4.69, 9.17) is 9.72 Å². The van der Waals surface area contributed by atoms with Gasteiger partial charge in [0.15, 0.2) is 17.4 Å². The maximum atomic E-state index is 5.62. The maximum Gasteiger partial charge on any atom is 0.179 e. The van der Waals surface area contributed by atoms with Crippen LogP contribution in [-0.2, 0) is 0 Å². The molecular weight excluding hydrogens is 408 g/mol. The standard InChI is InChI=1S/C28H28N4O/c1-33-25-21-29-27(24-15-9-4-10-16-24)30-28(25)32-19-17-31(18-20-32)26(22-11-5-2-6-12-22)23-13-7-3-8-14-23/h2-16,21,26H,17-20H2,1H3. The van der Waals surface area contributed by atoms with Gasteiger partial charge >= 0.3 is 0 Å². The Kier molecular flexibility index (Phi) is 6.31. The zero-order chi connectivity index (χ0) is 22.5. The van der Waals surface area contributed by atoms with Crippen LogP contribution >= 0.6 is 0 Å². The lowest BCUT2D eigenvalue weighted by molar-refractivity contribution is 0.211. The summed E-state index contributed by atoms with van der Waals surface area (Å²) < 4.78 is 5.62. The van der Waals surface area contributed by atoms with E-state index >= 15 is 0 Å². The van der Waals surface area contributed by atoms with Crippen molar-refractivity contribution in [2.45, 2.75) is 6.04 Å². The SMILES string of the molecule is COc1cnc(-c2ccccc2)nc1N1CCN(C(c2ccccc2)c2ccccc2)CC1. The van der Waals surface area contributed by atoms with E-state index in [1.54, 1.807) is 13.3 Å². The first-order chi connectivity index (χ1) is 16.3. The van der Waals surface area contributed by atoms with Gasteiger partial charge in [-0.2, -0.15) is 0 Å². The van der Waals surface area contributed by atoms with Crippen molar-refractivity contribution in [3.8, 4) is 17.1 Å². The van der Waals surface area contributed by atoms with Crippen molar-refractivity contribution in [2.75, 3.05) is 38.2 Å². The molecule has 0 N–H and O–H groups in total. The number of nitrogens with zero attached hydrogens (tertiary/aromatic N) is 4. The fourth-order valence-electron chi connectivity index (χ4n) is 4.54. The van der Waals surface area contributed by atoms with E-state index in [0.29, 0.717) is 5.75 Å². The Morgan fingerprint density at radius 2 is 1.27 bits per heavy atom. The zero-order valence-corrected chi connectivity index (χ0v) is 18.8. The number of benzene rings is 3. The number of hydrogen-bond donors (Lipinski definition) is 0. The first-order valence-electron chi connectivity index (χ1n) is 11.4. The van der Waals surface area contributed by atoms with Gasteiger partial charge in [0, 0.05) is 31.7 Å². The lowest BCUT2D eigenvalue weighted by Crippen LogP contribution is -2.48. The monoisotopic (exact) mass is 436 g/mol. The molecule has 33 heavy (non-hydrogen) atoms. The summed E-state index contributed by atoms with van der Waals surface area (Å²) in [6.45, 7) is 3.61. The molecule has 5 nitrogen and oxygen atoms in total. The molecule has 4 aromatic rings. The molecule has 1 aliphatic heterocycles. The van der Waals surface area contributed by atoms with Gasteiger partial charge in [-0.3, -0.25) is 4.90 Å². The van der Waals surface area contributed by atoms with E-state index < -0.39 is 0 Å². The van der Waals surface area contributed by atoms with E-state index in [9.17, 15) is 0 Å². The Balaban J connectivity index is 1.39. The molecule has 1 aliphatic rings. The van der Waals surface area contributed by atoms with Gasteiger partial charge < -0.3 is 9.64 Å². The second-order valence-corrected chi connectivity index (χ2v) is 8.20. The third-order valence-electron chi connectivity index (χ3n) is 6.20. The van der Waals surface area contributed by atoms with Crippen molar-refractivity contribution in [3.05, 3.63) is 108 Å². The first kappa shape index (κ1) is 21.2. The predicted molar refractivity (Wildman–Crippen MR) is 133 cm³/mol. The van der Waals surface area contributed by atoms with E-state index in [0.717, 1.165) is 43.4 Å². The van der Waals surface area contributed by atoms with Crippen molar-refractivity contribution in [1.82, 2.24) is 14.9 Å². The number of rotatable bonds is 6. The smallest absolute Gasteiger partial charge is 0.179 e. The summed E-state index contributed by atoms with van der Waals surface area (Å²) in [6.07, 6.45) is 1.79. The molecule has 0 amide bonds. The zero-order valence-electron chi connectivity index (χ0n) is 18.8. The number of methoxy groups -OCH3 is 1. The summed E-state index contributed by atoms with van der Waals surface area (Å²) in [4.78, 5) is 14.3. The number of anilines is 1. The van der Waals surface area contributed by atoms with Crippen molar-refractivity contribution in [2.24, 2.45) is 0 Å². The molecule has 2 heterocycles. The van der Waals surface area contributed by atoms with Gasteiger partial charge in [0.1, 0.15) is 0 Å². The van der Waals surface area contributed by atoms with Crippen molar-refractivity contribution in [1.29, 1.82) is 0 Å². The molecule has 0 unspecified atom stereocenters. The average Bonchev–Trinajstić information content (AvgIpc) is 2.91. The second-order valence-electron chi connectivity index (χ2n) is 8.20. The van der Waals surface area contributed by atoms with Gasteiger partial charge in [-0.05, 0) is 11.1 Å². The van der Waals surface area contributed by atoms with E-state index in [2.05, 4.69) is 75.4 Å². The van der Waals surface area contributed by atoms with E-state index in [1.807, 2.05) is 30.3 Å². The van der Waals surface area contributed by atoms with Gasteiger partial charge in [-0.25, -0.2) is 9.97 Å². The number of ether oxygens (including phenoxy) is 1. The third kappa shape index (κ3) is 4.59. The molecule has 0 saturated carbocycles. The summed E-state index contributed by atoms with van der Waals surface area (Å²) in [5.41, 5.74) is 3.65. The van der Waals surface area contributed by atoms with Crippen molar-refractivity contribution < 1.29 is 4.74 Å². The highest BCUT2D eigenvalue weighted by Crippen LogP contribution is 2.32. The van der Waals surface area contributed by atoms with Crippen LogP contribution in [0.4, 0.5) is 5.82 Å². The Morgan fingerprint density at radius 1 is 0.727 bits per heavy atom. The van der Waals surface area contributed by atoms with Crippen molar-refractivity contribution >= 4 is 5.82 Å². The molecule has 0 radical (unpaired) electrons. The van der Waals surface area contributed by atoms with Gasteiger partial charge in [0.05, 0.1) is 19.3 Å². The molecule has 0 bridgehead atoms. The lowest BCUT2D eigenvalue weighted by atomic mass is 9.96.